The Hall–Kier alpha value is -2.52. The molecule has 1 fully saturated rings. The van der Waals surface area contributed by atoms with Gasteiger partial charge in [0, 0.05) is 16.6 Å². The summed E-state index contributed by atoms with van der Waals surface area (Å²) in [4.78, 5) is 37.6. The summed E-state index contributed by atoms with van der Waals surface area (Å²) in [6, 6.07) is 5.00. The summed E-state index contributed by atoms with van der Waals surface area (Å²) in [6.45, 7) is 5.39. The van der Waals surface area contributed by atoms with Gasteiger partial charge in [-0.1, -0.05) is 22.0 Å². The van der Waals surface area contributed by atoms with E-state index >= 15 is 0 Å². The maximum atomic E-state index is 12.6. The van der Waals surface area contributed by atoms with E-state index in [-0.39, 0.29) is 30.4 Å². The van der Waals surface area contributed by atoms with Crippen molar-refractivity contribution in [1.82, 2.24) is 10.2 Å². The lowest BCUT2D eigenvalue weighted by Crippen LogP contribution is -2.53. The molecule has 142 valence electrons. The Labute approximate surface area is 170 Å². The number of nitrogens with zero attached hydrogens (tertiary/aromatic N) is 1. The van der Waals surface area contributed by atoms with E-state index in [4.69, 9.17) is 21.7 Å². The highest BCUT2D eigenvalue weighted by atomic mass is 79.9. The van der Waals surface area contributed by atoms with Crippen LogP contribution in [0.3, 0.4) is 0 Å². The average Bonchev–Trinajstić information content (AvgIpc) is 2.61. The highest BCUT2D eigenvalue weighted by molar-refractivity contribution is 9.10. The summed E-state index contributed by atoms with van der Waals surface area (Å²) in [6.07, 6.45) is 2.90. The molecular formula is C18H17BrN2O5S. The number of thiocarbonyl (C=S) groups is 1. The average molecular weight is 453 g/mol. The number of amides is 2. The van der Waals surface area contributed by atoms with Crippen LogP contribution in [0.2, 0.25) is 0 Å². The van der Waals surface area contributed by atoms with E-state index in [1.807, 2.05) is 0 Å². The predicted octanol–water partition coefficient (Wildman–Crippen LogP) is 2.20. The molecule has 9 heteroatoms. The summed E-state index contributed by atoms with van der Waals surface area (Å²) < 4.78 is 11.0. The van der Waals surface area contributed by atoms with Crippen LogP contribution in [0.5, 0.6) is 5.75 Å². The van der Waals surface area contributed by atoms with Crippen LogP contribution < -0.4 is 10.1 Å². The summed E-state index contributed by atoms with van der Waals surface area (Å²) >= 11 is 8.36. The summed E-state index contributed by atoms with van der Waals surface area (Å²) in [7, 11) is 0. The van der Waals surface area contributed by atoms with Crippen LogP contribution in [0, 0.1) is 0 Å². The molecule has 0 aromatic heterocycles. The molecule has 1 N–H and O–H groups in total. The van der Waals surface area contributed by atoms with Crippen LogP contribution in [0.25, 0.3) is 6.08 Å². The Morgan fingerprint density at radius 1 is 1.41 bits per heavy atom. The van der Waals surface area contributed by atoms with Gasteiger partial charge < -0.3 is 9.47 Å². The standard InChI is InChI=1S/C18H17BrN2O5S/c1-3-7-21-17(24)13(16(23)20-18(21)27)9-11-8-12(19)5-6-14(11)26-10-15(22)25-4-2/h3,5-6,8-9H,1,4,7,10H2,2H3,(H,20,23,27)/b13-9+. The van der Waals surface area contributed by atoms with Crippen molar-refractivity contribution in [2.75, 3.05) is 19.8 Å². The number of hydrogen-bond donors (Lipinski definition) is 1. The smallest absolute Gasteiger partial charge is 0.344 e. The molecule has 1 aromatic rings. The van der Waals surface area contributed by atoms with Gasteiger partial charge in [-0.05, 0) is 43.4 Å². The minimum absolute atomic E-state index is 0.0232. The highest BCUT2D eigenvalue weighted by Crippen LogP contribution is 2.27. The molecule has 1 heterocycles. The first-order valence-electron chi connectivity index (χ1n) is 7.95. The molecule has 1 aliphatic heterocycles. The monoisotopic (exact) mass is 452 g/mol. The van der Waals surface area contributed by atoms with Crippen molar-refractivity contribution < 1.29 is 23.9 Å². The number of hydrogen-bond acceptors (Lipinski definition) is 6. The van der Waals surface area contributed by atoms with Crippen molar-refractivity contribution in [2.24, 2.45) is 0 Å². The van der Waals surface area contributed by atoms with Gasteiger partial charge in [-0.15, -0.1) is 6.58 Å². The Morgan fingerprint density at radius 2 is 2.15 bits per heavy atom. The number of rotatable bonds is 7. The Balaban J connectivity index is 2.35. The maximum Gasteiger partial charge on any atom is 0.344 e. The topological polar surface area (TPSA) is 84.9 Å². The molecule has 0 spiro atoms. The number of ether oxygens (including phenoxy) is 2. The van der Waals surface area contributed by atoms with Gasteiger partial charge in [0.2, 0.25) is 0 Å². The molecule has 7 nitrogen and oxygen atoms in total. The van der Waals surface area contributed by atoms with Crippen molar-refractivity contribution in [3.05, 3.63) is 46.5 Å². The molecule has 1 saturated heterocycles. The van der Waals surface area contributed by atoms with Crippen LogP contribution in [0.1, 0.15) is 12.5 Å². The van der Waals surface area contributed by atoms with Crippen molar-refractivity contribution in [3.8, 4) is 5.75 Å². The first-order chi connectivity index (χ1) is 12.9. The quantitative estimate of drug-likeness (QED) is 0.224. The minimum atomic E-state index is -0.610. The van der Waals surface area contributed by atoms with E-state index in [0.29, 0.717) is 15.8 Å². The Morgan fingerprint density at radius 3 is 2.81 bits per heavy atom. The third-order valence-electron chi connectivity index (χ3n) is 3.42. The second-order valence-corrected chi connectivity index (χ2v) is 6.60. The molecule has 1 aromatic carbocycles. The zero-order valence-electron chi connectivity index (χ0n) is 14.5. The van der Waals surface area contributed by atoms with Gasteiger partial charge in [0.05, 0.1) is 6.61 Å². The third kappa shape index (κ3) is 5.24. The van der Waals surface area contributed by atoms with Crippen LogP contribution >= 0.6 is 28.1 Å². The van der Waals surface area contributed by atoms with Crippen molar-refractivity contribution in [1.29, 1.82) is 0 Å². The molecule has 0 atom stereocenters. The van der Waals surface area contributed by atoms with E-state index in [0.717, 1.165) is 0 Å². The molecule has 0 aliphatic carbocycles. The third-order valence-corrected chi connectivity index (χ3v) is 4.24. The molecule has 27 heavy (non-hydrogen) atoms. The van der Waals surface area contributed by atoms with Crippen molar-refractivity contribution in [3.63, 3.8) is 0 Å². The molecule has 0 unspecified atom stereocenters. The SMILES string of the molecule is C=CCN1C(=O)/C(=C/c2cc(Br)ccc2OCC(=O)OCC)C(=O)NC1=S. The zero-order chi connectivity index (χ0) is 20.0. The van der Waals surface area contributed by atoms with E-state index in [9.17, 15) is 14.4 Å². The molecule has 2 rings (SSSR count). The van der Waals surface area contributed by atoms with Gasteiger partial charge in [-0.2, -0.15) is 0 Å². The Bertz CT molecular complexity index is 837. The first-order valence-corrected chi connectivity index (χ1v) is 9.15. The van der Waals surface area contributed by atoms with E-state index < -0.39 is 17.8 Å². The molecule has 0 saturated carbocycles. The predicted molar refractivity (Wildman–Crippen MR) is 107 cm³/mol. The highest BCUT2D eigenvalue weighted by Gasteiger charge is 2.32. The second kappa shape index (κ2) is 9.43. The number of nitrogens with one attached hydrogen (secondary N) is 1. The Kier molecular flexibility index (Phi) is 7.26. The van der Waals surface area contributed by atoms with Gasteiger partial charge in [0.1, 0.15) is 11.3 Å². The summed E-state index contributed by atoms with van der Waals surface area (Å²) in [5, 5.41) is 2.49. The van der Waals surface area contributed by atoms with Crippen LogP contribution in [-0.2, 0) is 19.1 Å². The number of carbonyl (C=O) groups excluding carboxylic acids is 3. The minimum Gasteiger partial charge on any atom is -0.481 e. The maximum absolute atomic E-state index is 12.6. The van der Waals surface area contributed by atoms with E-state index in [1.165, 1.54) is 17.1 Å². The van der Waals surface area contributed by atoms with E-state index in [1.54, 1.807) is 25.1 Å². The molecule has 1 aliphatic rings. The fourth-order valence-electron chi connectivity index (χ4n) is 2.25. The van der Waals surface area contributed by atoms with Gasteiger partial charge in [0.25, 0.3) is 11.8 Å². The number of benzene rings is 1. The van der Waals surface area contributed by atoms with Gasteiger partial charge in [-0.25, -0.2) is 4.79 Å². The van der Waals surface area contributed by atoms with Gasteiger partial charge >= 0.3 is 5.97 Å². The molecular weight excluding hydrogens is 436 g/mol. The largest absolute Gasteiger partial charge is 0.481 e. The second-order valence-electron chi connectivity index (χ2n) is 5.30. The van der Waals surface area contributed by atoms with Crippen LogP contribution in [0.4, 0.5) is 0 Å². The zero-order valence-corrected chi connectivity index (χ0v) is 16.9. The summed E-state index contributed by atoms with van der Waals surface area (Å²) in [5.74, 6) is -1.35. The van der Waals surface area contributed by atoms with E-state index in [2.05, 4.69) is 27.8 Å². The molecule has 2 amide bonds. The number of carbonyl (C=O) groups is 3. The van der Waals surface area contributed by atoms with Crippen LogP contribution in [0.15, 0.2) is 40.9 Å². The summed E-state index contributed by atoms with van der Waals surface area (Å²) in [5.41, 5.74) is 0.336. The van der Waals surface area contributed by atoms with Crippen LogP contribution in [-0.4, -0.2) is 47.6 Å². The normalized spacial score (nSPS) is 15.6. The van der Waals surface area contributed by atoms with Crippen molar-refractivity contribution >= 4 is 57.1 Å². The lowest BCUT2D eigenvalue weighted by atomic mass is 10.1. The lowest BCUT2D eigenvalue weighted by molar-refractivity contribution is -0.145. The fourth-order valence-corrected chi connectivity index (χ4v) is 2.88. The molecule has 0 radical (unpaired) electrons. The van der Waals surface area contributed by atoms with Gasteiger partial charge in [0.15, 0.2) is 11.7 Å². The lowest BCUT2D eigenvalue weighted by Gasteiger charge is -2.27. The molecule has 0 bridgehead atoms. The fraction of sp³-hybridized carbons (Fsp3) is 0.222. The number of esters is 1. The first kappa shape index (κ1) is 20.8. The van der Waals surface area contributed by atoms with Crippen molar-refractivity contribution in [2.45, 2.75) is 6.92 Å². The van der Waals surface area contributed by atoms with Gasteiger partial charge in [-0.3, -0.25) is 19.8 Å². The number of halogens is 1.